The first kappa shape index (κ1) is 21.5. The zero-order chi connectivity index (χ0) is 22.5. The summed E-state index contributed by atoms with van der Waals surface area (Å²) in [5.41, 5.74) is 2.54. The van der Waals surface area contributed by atoms with Crippen molar-refractivity contribution in [3.8, 4) is 11.4 Å². The maximum atomic E-state index is 13.3. The fraction of sp³-hybridized carbons (Fsp3) is 0.200. The molecule has 0 spiro atoms. The molecule has 0 aliphatic carbocycles. The maximum Gasteiger partial charge on any atom is 0.246 e. The summed E-state index contributed by atoms with van der Waals surface area (Å²) >= 11 is 0. The van der Waals surface area contributed by atoms with Gasteiger partial charge in [-0.15, -0.1) is 0 Å². The van der Waals surface area contributed by atoms with E-state index in [1.165, 1.54) is 12.1 Å². The molecule has 164 valence electrons. The molecule has 0 aliphatic heterocycles. The van der Waals surface area contributed by atoms with Gasteiger partial charge in [-0.05, 0) is 54.4 Å². The Morgan fingerprint density at radius 3 is 2.56 bits per heavy atom. The Labute approximate surface area is 185 Å². The first-order valence-corrected chi connectivity index (χ1v) is 10.4. The zero-order valence-electron chi connectivity index (χ0n) is 17.6. The third-order valence-electron chi connectivity index (χ3n) is 5.30. The third kappa shape index (κ3) is 4.63. The average Bonchev–Trinajstić information content (AvgIpc) is 3.25. The van der Waals surface area contributed by atoms with E-state index in [9.17, 15) is 9.18 Å². The molecule has 0 saturated carbocycles. The lowest BCUT2D eigenvalue weighted by molar-refractivity contribution is -0.125. The first-order chi connectivity index (χ1) is 15.6. The summed E-state index contributed by atoms with van der Waals surface area (Å²) in [5, 5.41) is 17.3. The Morgan fingerprint density at radius 1 is 1.12 bits per heavy atom. The Balaban J connectivity index is 1.65. The van der Waals surface area contributed by atoms with Crippen molar-refractivity contribution in [3.05, 3.63) is 90.4 Å². The van der Waals surface area contributed by atoms with Crippen LogP contribution >= 0.6 is 0 Å². The Kier molecular flexibility index (Phi) is 6.47. The number of carbonyl (C=O) groups is 1. The van der Waals surface area contributed by atoms with Crippen molar-refractivity contribution >= 4 is 16.8 Å². The molecule has 0 aliphatic rings. The largest absolute Gasteiger partial charge is 0.484 e. The third-order valence-corrected chi connectivity index (χ3v) is 5.30. The topological polar surface area (TPSA) is 76.4 Å². The van der Waals surface area contributed by atoms with Gasteiger partial charge in [0, 0.05) is 5.39 Å². The maximum absolute atomic E-state index is 13.3. The van der Waals surface area contributed by atoms with Crippen LogP contribution in [0.5, 0.6) is 5.75 Å². The number of aromatic nitrogens is 2. The van der Waals surface area contributed by atoms with Gasteiger partial charge in [0.1, 0.15) is 24.3 Å². The first-order valence-electron chi connectivity index (χ1n) is 10.4. The second-order valence-electron chi connectivity index (χ2n) is 7.44. The number of rotatable bonds is 8. The van der Waals surface area contributed by atoms with Gasteiger partial charge >= 0.3 is 0 Å². The highest BCUT2D eigenvalue weighted by atomic mass is 19.1. The predicted octanol–water partition coefficient (Wildman–Crippen LogP) is 4.17. The number of halogens is 1. The fourth-order valence-corrected chi connectivity index (χ4v) is 3.69. The molecule has 1 aromatic heterocycles. The molecule has 2 atom stereocenters. The van der Waals surface area contributed by atoms with E-state index in [2.05, 4.69) is 10.4 Å². The minimum Gasteiger partial charge on any atom is -0.484 e. The van der Waals surface area contributed by atoms with Crippen LogP contribution in [0.2, 0.25) is 0 Å². The number of amides is 1. The van der Waals surface area contributed by atoms with E-state index >= 15 is 0 Å². The van der Waals surface area contributed by atoms with Crippen molar-refractivity contribution < 1.29 is 19.0 Å². The second kappa shape index (κ2) is 9.62. The number of aliphatic hydroxyl groups is 1. The number of fused-ring (bicyclic) bond motifs is 1. The van der Waals surface area contributed by atoms with Crippen LogP contribution in [0.1, 0.15) is 25.0 Å². The van der Waals surface area contributed by atoms with Crippen molar-refractivity contribution in [2.45, 2.75) is 25.5 Å². The second-order valence-corrected chi connectivity index (χ2v) is 7.44. The predicted molar refractivity (Wildman–Crippen MR) is 120 cm³/mol. The van der Waals surface area contributed by atoms with Crippen LogP contribution in [-0.2, 0) is 4.79 Å². The van der Waals surface area contributed by atoms with Gasteiger partial charge in [-0.25, -0.2) is 9.07 Å². The van der Waals surface area contributed by atoms with Crippen molar-refractivity contribution in [1.82, 2.24) is 15.1 Å². The molecular formula is C25H24FN3O3. The summed E-state index contributed by atoms with van der Waals surface area (Å²) in [6.07, 6.45) is 1.91. The van der Waals surface area contributed by atoms with Gasteiger partial charge in [0.15, 0.2) is 0 Å². The van der Waals surface area contributed by atoms with E-state index in [-0.39, 0.29) is 11.9 Å². The van der Waals surface area contributed by atoms with Gasteiger partial charge < -0.3 is 15.2 Å². The van der Waals surface area contributed by atoms with Crippen molar-refractivity contribution in [2.24, 2.45) is 0 Å². The lowest BCUT2D eigenvalue weighted by Gasteiger charge is -2.28. The van der Waals surface area contributed by atoms with Gasteiger partial charge in [0.05, 0.1) is 23.4 Å². The molecule has 1 heterocycles. The minimum atomic E-state index is -0.577. The molecule has 4 rings (SSSR count). The molecule has 0 bridgehead atoms. The summed E-state index contributed by atoms with van der Waals surface area (Å²) in [6.45, 7) is 1.38. The number of nitrogens with one attached hydrogen (secondary N) is 1. The number of nitrogens with zero attached hydrogens (tertiary/aromatic N) is 2. The van der Waals surface area contributed by atoms with E-state index in [0.29, 0.717) is 12.2 Å². The molecule has 1 amide bonds. The number of hydrogen-bond acceptors (Lipinski definition) is 4. The van der Waals surface area contributed by atoms with Crippen LogP contribution in [0.3, 0.4) is 0 Å². The average molecular weight is 433 g/mol. The zero-order valence-corrected chi connectivity index (χ0v) is 17.6. The normalized spacial score (nSPS) is 13.0. The number of aliphatic hydroxyl groups excluding tert-OH is 1. The summed E-state index contributed by atoms with van der Waals surface area (Å²) in [4.78, 5) is 11.9. The molecule has 0 radical (unpaired) electrons. The van der Waals surface area contributed by atoms with E-state index < -0.39 is 18.6 Å². The summed E-state index contributed by atoms with van der Waals surface area (Å²) in [5.74, 6) is -0.120. The van der Waals surface area contributed by atoms with Crippen LogP contribution in [-0.4, -0.2) is 33.4 Å². The summed E-state index contributed by atoms with van der Waals surface area (Å²) in [7, 11) is 0. The van der Waals surface area contributed by atoms with Gasteiger partial charge in [-0.3, -0.25) is 4.79 Å². The van der Waals surface area contributed by atoms with Crippen LogP contribution in [0.25, 0.3) is 16.6 Å². The van der Waals surface area contributed by atoms with Crippen LogP contribution in [0.4, 0.5) is 4.39 Å². The Hall–Kier alpha value is -3.71. The van der Waals surface area contributed by atoms with Crippen molar-refractivity contribution in [2.75, 3.05) is 6.61 Å². The molecule has 0 saturated heterocycles. The van der Waals surface area contributed by atoms with Crippen LogP contribution < -0.4 is 10.1 Å². The summed E-state index contributed by atoms with van der Waals surface area (Å²) in [6, 6.07) is 21.1. The van der Waals surface area contributed by atoms with Gasteiger partial charge in [0.2, 0.25) is 5.91 Å². The highest BCUT2D eigenvalue weighted by Gasteiger charge is 2.25. The van der Waals surface area contributed by atoms with Gasteiger partial charge in [0.25, 0.3) is 0 Å². The number of ether oxygens (including phenoxy) is 1. The smallest absolute Gasteiger partial charge is 0.246 e. The van der Waals surface area contributed by atoms with Crippen LogP contribution in [0, 0.1) is 5.82 Å². The fourth-order valence-electron chi connectivity index (χ4n) is 3.69. The Morgan fingerprint density at radius 2 is 1.88 bits per heavy atom. The van der Waals surface area contributed by atoms with E-state index in [1.54, 1.807) is 23.0 Å². The lowest BCUT2D eigenvalue weighted by Crippen LogP contribution is -2.42. The Bertz CT molecular complexity index is 1190. The monoisotopic (exact) mass is 433 g/mol. The van der Waals surface area contributed by atoms with E-state index in [1.807, 2.05) is 55.5 Å². The SMILES string of the molecule is CCC(NC(=O)CO)[C@H](Oc1ccc2c(cnn2-c2ccc(F)cc2)c1)c1ccccc1. The molecule has 4 aromatic rings. The molecule has 1 unspecified atom stereocenters. The standard InChI is InChI=1S/C25H24FN3O3/c1-2-22(28-24(31)16-30)25(17-6-4-3-5-7-17)32-21-12-13-23-18(14-21)15-27-29(23)20-10-8-19(26)9-11-20/h3-15,22,25,30H,2,16H2,1H3,(H,28,31)/t22?,25-/m1/s1. The van der Waals surface area contributed by atoms with Crippen molar-refractivity contribution in [1.29, 1.82) is 0 Å². The molecule has 6 nitrogen and oxygen atoms in total. The molecule has 3 aromatic carbocycles. The molecule has 7 heteroatoms. The quantitative estimate of drug-likeness (QED) is 0.437. The molecule has 2 N–H and O–H groups in total. The van der Waals surface area contributed by atoms with Gasteiger partial charge in [-0.2, -0.15) is 5.10 Å². The lowest BCUT2D eigenvalue weighted by atomic mass is 9.99. The number of benzene rings is 3. The van der Waals surface area contributed by atoms with Gasteiger partial charge in [-0.1, -0.05) is 37.3 Å². The van der Waals surface area contributed by atoms with Crippen molar-refractivity contribution in [3.63, 3.8) is 0 Å². The van der Waals surface area contributed by atoms with Crippen LogP contribution in [0.15, 0.2) is 79.0 Å². The number of carbonyl (C=O) groups excluding carboxylic acids is 1. The molecular weight excluding hydrogens is 409 g/mol. The molecule has 0 fully saturated rings. The molecule has 32 heavy (non-hydrogen) atoms. The number of hydrogen-bond donors (Lipinski definition) is 2. The highest BCUT2D eigenvalue weighted by molar-refractivity contribution is 5.81. The summed E-state index contributed by atoms with van der Waals surface area (Å²) < 4.78 is 21.4. The minimum absolute atomic E-state index is 0.299. The van der Waals surface area contributed by atoms with E-state index in [0.717, 1.165) is 22.2 Å². The highest BCUT2D eigenvalue weighted by Crippen LogP contribution is 2.29. The van der Waals surface area contributed by atoms with E-state index in [4.69, 9.17) is 9.84 Å².